The molecule has 0 saturated heterocycles. The quantitative estimate of drug-likeness (QED) is 0.456. The minimum atomic E-state index is -4.72. The summed E-state index contributed by atoms with van der Waals surface area (Å²) in [5.74, 6) is -2.18. The SMILES string of the molecule is COc1ccccc1C1(C)CC1(C(=O)O)N(c1ccc(-c2cc(C(F)(F)F)on2)s1)S(=O)O. The van der Waals surface area contributed by atoms with Crippen LogP contribution in [0.2, 0.25) is 0 Å². The number of aliphatic carboxylic acids is 1. The highest BCUT2D eigenvalue weighted by atomic mass is 32.2. The minimum Gasteiger partial charge on any atom is -0.496 e. The molecule has 0 radical (unpaired) electrons. The summed E-state index contributed by atoms with van der Waals surface area (Å²) in [7, 11) is 1.44. The van der Waals surface area contributed by atoms with Crippen molar-refractivity contribution in [2.45, 2.75) is 30.5 Å². The fourth-order valence-corrected chi connectivity index (χ4v) is 6.14. The smallest absolute Gasteiger partial charge is 0.452 e. The molecule has 33 heavy (non-hydrogen) atoms. The second-order valence-electron chi connectivity index (χ2n) is 7.61. The third-order valence-electron chi connectivity index (χ3n) is 5.79. The molecule has 8 nitrogen and oxygen atoms in total. The first-order valence-corrected chi connectivity index (χ1v) is 11.3. The van der Waals surface area contributed by atoms with Gasteiger partial charge in [0.1, 0.15) is 16.4 Å². The van der Waals surface area contributed by atoms with E-state index in [1.165, 1.54) is 19.2 Å². The zero-order valence-electron chi connectivity index (χ0n) is 17.1. The van der Waals surface area contributed by atoms with E-state index >= 15 is 0 Å². The Morgan fingerprint density at radius 3 is 2.58 bits per heavy atom. The molecule has 4 rings (SSSR count). The number of anilines is 1. The monoisotopic (exact) mass is 502 g/mol. The Morgan fingerprint density at radius 1 is 1.30 bits per heavy atom. The van der Waals surface area contributed by atoms with Gasteiger partial charge in [0.25, 0.3) is 11.3 Å². The van der Waals surface area contributed by atoms with Crippen LogP contribution in [0.4, 0.5) is 18.2 Å². The largest absolute Gasteiger partial charge is 0.496 e. The maximum Gasteiger partial charge on any atom is 0.452 e. The Kier molecular flexibility index (Phi) is 5.53. The molecule has 0 amide bonds. The van der Waals surface area contributed by atoms with Gasteiger partial charge in [-0.25, -0.2) is 13.3 Å². The van der Waals surface area contributed by atoms with Crippen LogP contribution >= 0.6 is 11.3 Å². The van der Waals surface area contributed by atoms with Crippen LogP contribution in [0.3, 0.4) is 0 Å². The third kappa shape index (κ3) is 3.60. The lowest BCUT2D eigenvalue weighted by Crippen LogP contribution is -2.49. The van der Waals surface area contributed by atoms with Crippen molar-refractivity contribution in [2.75, 3.05) is 11.4 Å². The third-order valence-corrected chi connectivity index (χ3v) is 7.82. The molecule has 1 aromatic carbocycles. The number of aromatic nitrogens is 1. The molecule has 1 aliphatic carbocycles. The lowest BCUT2D eigenvalue weighted by Gasteiger charge is -2.30. The van der Waals surface area contributed by atoms with E-state index in [9.17, 15) is 31.8 Å². The van der Waals surface area contributed by atoms with Gasteiger partial charge in [-0.2, -0.15) is 13.2 Å². The predicted molar refractivity (Wildman–Crippen MR) is 113 cm³/mol. The van der Waals surface area contributed by atoms with Crippen LogP contribution in [0.15, 0.2) is 47.0 Å². The molecule has 176 valence electrons. The van der Waals surface area contributed by atoms with E-state index in [2.05, 4.69) is 9.68 Å². The summed E-state index contributed by atoms with van der Waals surface area (Å²) < 4.78 is 71.6. The molecule has 0 aliphatic heterocycles. The van der Waals surface area contributed by atoms with Crippen LogP contribution in [0.1, 0.15) is 24.7 Å². The maximum absolute atomic E-state index is 12.8. The fourth-order valence-electron chi connectivity index (χ4n) is 4.08. The first kappa shape index (κ1) is 23.3. The molecule has 1 saturated carbocycles. The van der Waals surface area contributed by atoms with Crippen molar-refractivity contribution in [1.29, 1.82) is 0 Å². The van der Waals surface area contributed by atoms with Gasteiger partial charge in [-0.05, 0) is 24.6 Å². The van der Waals surface area contributed by atoms with Crippen molar-refractivity contribution in [3.05, 3.63) is 53.8 Å². The van der Waals surface area contributed by atoms with Gasteiger partial charge in [0.2, 0.25) is 5.76 Å². The van der Waals surface area contributed by atoms with Gasteiger partial charge in [-0.15, -0.1) is 11.3 Å². The molecule has 2 heterocycles. The summed E-state index contributed by atoms with van der Waals surface area (Å²) in [4.78, 5) is 12.7. The molecular formula is C20H17F3N2O6S2. The fraction of sp³-hybridized carbons (Fsp3) is 0.300. The normalized spacial score (nSPS) is 23.2. The Morgan fingerprint density at radius 2 is 2.00 bits per heavy atom. The zero-order valence-corrected chi connectivity index (χ0v) is 18.8. The standard InChI is InChI=1S/C20H17F3N2O6S2/c1-18(11-5-3-4-6-13(11)30-2)10-19(18,17(26)27)25(33(28)29)16-8-7-14(32-16)12-9-15(31-24-12)20(21,22)23/h3-9H,10H2,1-2H3,(H,26,27)(H,28,29). The van der Waals surface area contributed by atoms with Crippen molar-refractivity contribution < 1.29 is 41.1 Å². The molecule has 3 atom stereocenters. The summed E-state index contributed by atoms with van der Waals surface area (Å²) in [5.41, 5.74) is -2.47. The van der Waals surface area contributed by atoms with Gasteiger partial charge in [-0.1, -0.05) is 30.3 Å². The lowest BCUT2D eigenvalue weighted by atomic mass is 9.91. The van der Waals surface area contributed by atoms with Crippen molar-refractivity contribution in [3.63, 3.8) is 0 Å². The number of carbonyl (C=O) groups is 1. The number of halogens is 3. The van der Waals surface area contributed by atoms with E-state index in [1.807, 2.05) is 0 Å². The molecule has 0 spiro atoms. The van der Waals surface area contributed by atoms with Crippen LogP contribution in [0.5, 0.6) is 5.75 Å². The number of hydrogen-bond donors (Lipinski definition) is 2. The molecule has 2 aromatic heterocycles. The average molecular weight is 502 g/mol. The molecule has 0 bridgehead atoms. The number of hydrogen-bond acceptors (Lipinski definition) is 6. The number of methoxy groups -OCH3 is 1. The number of carboxylic acid groups (broad SMARTS) is 1. The van der Waals surface area contributed by atoms with Gasteiger partial charge in [0.05, 0.1) is 12.0 Å². The predicted octanol–water partition coefficient (Wildman–Crippen LogP) is 4.56. The molecule has 1 aliphatic rings. The molecule has 3 aromatic rings. The number of rotatable bonds is 7. The molecular weight excluding hydrogens is 485 g/mol. The van der Waals surface area contributed by atoms with Gasteiger partial charge in [0, 0.05) is 17.0 Å². The Bertz CT molecular complexity index is 1240. The average Bonchev–Trinajstić information content (AvgIpc) is 3.14. The maximum atomic E-state index is 12.8. The Hall–Kier alpha value is -2.90. The van der Waals surface area contributed by atoms with Crippen molar-refractivity contribution in [2.24, 2.45) is 0 Å². The van der Waals surface area contributed by atoms with Gasteiger partial charge >= 0.3 is 12.1 Å². The second-order valence-corrected chi connectivity index (χ2v) is 9.50. The molecule has 13 heteroatoms. The topological polar surface area (TPSA) is 113 Å². The summed E-state index contributed by atoms with van der Waals surface area (Å²) in [6, 6.07) is 10.2. The Labute approximate surface area is 192 Å². The van der Waals surface area contributed by atoms with Crippen LogP contribution in [-0.2, 0) is 27.7 Å². The number of alkyl halides is 3. The van der Waals surface area contributed by atoms with Crippen molar-refractivity contribution in [3.8, 4) is 16.3 Å². The zero-order chi connectivity index (χ0) is 24.2. The lowest BCUT2D eigenvalue weighted by molar-refractivity contribution is -0.155. The number of thiophene rings is 1. The van der Waals surface area contributed by atoms with Crippen LogP contribution in [-0.4, -0.2) is 37.6 Å². The van der Waals surface area contributed by atoms with Crippen LogP contribution < -0.4 is 9.04 Å². The van der Waals surface area contributed by atoms with Crippen molar-refractivity contribution >= 4 is 33.6 Å². The number of carboxylic acids is 1. The number of para-hydroxylation sites is 1. The van der Waals surface area contributed by atoms with Gasteiger partial charge in [-0.3, -0.25) is 4.55 Å². The summed E-state index contributed by atoms with van der Waals surface area (Å²) in [6.07, 6.45) is -4.72. The number of benzene rings is 1. The first-order valence-electron chi connectivity index (χ1n) is 9.38. The molecule has 2 N–H and O–H groups in total. The van der Waals surface area contributed by atoms with Crippen molar-refractivity contribution in [1.82, 2.24) is 5.16 Å². The highest BCUT2D eigenvalue weighted by Gasteiger charge is 2.76. The number of ether oxygens (including phenoxy) is 1. The van der Waals surface area contributed by atoms with E-state index in [4.69, 9.17) is 4.74 Å². The number of nitrogens with zero attached hydrogens (tertiary/aromatic N) is 2. The van der Waals surface area contributed by atoms with Gasteiger partial charge in [0.15, 0.2) is 5.54 Å². The summed E-state index contributed by atoms with van der Waals surface area (Å²) >= 11 is -1.94. The first-order chi connectivity index (χ1) is 15.5. The van der Waals surface area contributed by atoms with E-state index < -0.39 is 40.1 Å². The highest BCUT2D eigenvalue weighted by Crippen LogP contribution is 2.64. The Balaban J connectivity index is 1.77. The van der Waals surface area contributed by atoms with Crippen LogP contribution in [0.25, 0.3) is 10.6 Å². The summed E-state index contributed by atoms with van der Waals surface area (Å²) in [6.45, 7) is 1.65. The minimum absolute atomic E-state index is 0.00256. The van der Waals surface area contributed by atoms with Crippen LogP contribution in [0, 0.1) is 0 Å². The van der Waals surface area contributed by atoms with E-state index in [-0.39, 0.29) is 22.0 Å². The van der Waals surface area contributed by atoms with E-state index in [1.54, 1.807) is 31.2 Å². The molecule has 3 unspecified atom stereocenters. The summed E-state index contributed by atoms with van der Waals surface area (Å²) in [5, 5.41) is 13.7. The van der Waals surface area contributed by atoms with Gasteiger partial charge < -0.3 is 14.4 Å². The van der Waals surface area contributed by atoms with E-state index in [0.717, 1.165) is 15.6 Å². The van der Waals surface area contributed by atoms with E-state index in [0.29, 0.717) is 17.4 Å². The highest BCUT2D eigenvalue weighted by molar-refractivity contribution is 7.81. The second kappa shape index (κ2) is 7.85. The molecule has 1 fully saturated rings.